The molecule has 0 spiro atoms. The highest BCUT2D eigenvalue weighted by Crippen LogP contribution is 2.18. The first-order valence-corrected chi connectivity index (χ1v) is 7.03. The van der Waals surface area contributed by atoms with Gasteiger partial charge in [0, 0.05) is 18.5 Å². The first-order valence-electron chi connectivity index (χ1n) is 7.03. The maximum absolute atomic E-state index is 6.00. The van der Waals surface area contributed by atoms with Gasteiger partial charge in [-0.1, -0.05) is 12.1 Å². The number of para-hydroxylation sites is 1. The third kappa shape index (κ3) is 2.89. The van der Waals surface area contributed by atoms with Gasteiger partial charge in [0.2, 0.25) is 0 Å². The third-order valence-corrected chi connectivity index (χ3v) is 3.63. The van der Waals surface area contributed by atoms with Crippen molar-refractivity contribution in [3.05, 3.63) is 30.1 Å². The smallest absolute Gasteiger partial charge is 0.145 e. The number of nitrogens with two attached hydrogens (primary N) is 1. The van der Waals surface area contributed by atoms with Crippen molar-refractivity contribution >= 4 is 16.7 Å². The van der Waals surface area contributed by atoms with E-state index in [-0.39, 0.29) is 0 Å². The Kier molecular flexibility index (Phi) is 3.80. The van der Waals surface area contributed by atoms with E-state index in [1.54, 1.807) is 0 Å². The fourth-order valence-electron chi connectivity index (χ4n) is 2.66. The van der Waals surface area contributed by atoms with Crippen LogP contribution in [0.15, 0.2) is 24.3 Å². The number of ether oxygens (including phenoxy) is 1. The highest BCUT2D eigenvalue weighted by Gasteiger charge is 2.18. The van der Waals surface area contributed by atoms with Crippen molar-refractivity contribution in [1.82, 2.24) is 14.9 Å². The predicted octanol–water partition coefficient (Wildman–Crippen LogP) is 1.82. The zero-order valence-corrected chi connectivity index (χ0v) is 11.7. The Morgan fingerprint density at radius 3 is 3.00 bits per heavy atom. The lowest BCUT2D eigenvalue weighted by Crippen LogP contribution is -2.29. The molecule has 5 heteroatoms. The van der Waals surface area contributed by atoms with Crippen molar-refractivity contribution in [2.45, 2.75) is 25.5 Å². The van der Waals surface area contributed by atoms with E-state index in [0.717, 1.165) is 42.7 Å². The minimum Gasteiger partial charge on any atom is -0.383 e. The summed E-state index contributed by atoms with van der Waals surface area (Å²) in [5.74, 6) is 1.32. The first kappa shape index (κ1) is 13.3. The average molecular weight is 272 g/mol. The third-order valence-electron chi connectivity index (χ3n) is 3.63. The van der Waals surface area contributed by atoms with Crippen molar-refractivity contribution in [2.75, 3.05) is 25.9 Å². The van der Waals surface area contributed by atoms with Crippen LogP contribution in [0.2, 0.25) is 0 Å². The Hall–Kier alpha value is -1.72. The van der Waals surface area contributed by atoms with Crippen molar-refractivity contribution in [3.63, 3.8) is 0 Å². The van der Waals surface area contributed by atoms with Crippen molar-refractivity contribution in [3.8, 4) is 0 Å². The van der Waals surface area contributed by atoms with Gasteiger partial charge in [-0.25, -0.2) is 9.97 Å². The molecule has 0 saturated carbocycles. The molecule has 0 aliphatic carbocycles. The molecule has 0 radical (unpaired) electrons. The maximum Gasteiger partial charge on any atom is 0.145 e. The molecule has 3 rings (SSSR count). The largest absolute Gasteiger partial charge is 0.383 e. The van der Waals surface area contributed by atoms with Gasteiger partial charge < -0.3 is 10.5 Å². The Balaban J connectivity index is 1.73. The number of aromatic nitrogens is 2. The van der Waals surface area contributed by atoms with Crippen molar-refractivity contribution in [2.24, 2.45) is 0 Å². The number of benzene rings is 1. The van der Waals surface area contributed by atoms with E-state index >= 15 is 0 Å². The fourth-order valence-corrected chi connectivity index (χ4v) is 2.66. The molecular weight excluding hydrogens is 252 g/mol. The molecule has 1 aromatic heterocycles. The summed E-state index contributed by atoms with van der Waals surface area (Å²) in [6.07, 6.45) is 2.65. The summed E-state index contributed by atoms with van der Waals surface area (Å²) in [5, 5.41) is 0.915. The van der Waals surface area contributed by atoms with Crippen LogP contribution in [0.25, 0.3) is 10.9 Å². The van der Waals surface area contributed by atoms with Crippen molar-refractivity contribution < 1.29 is 4.74 Å². The van der Waals surface area contributed by atoms with Crippen LogP contribution in [0.5, 0.6) is 0 Å². The molecule has 0 unspecified atom stereocenters. The lowest BCUT2D eigenvalue weighted by atomic mass is 10.2. The van der Waals surface area contributed by atoms with E-state index in [1.807, 2.05) is 24.3 Å². The van der Waals surface area contributed by atoms with Gasteiger partial charge in [-0.15, -0.1) is 0 Å². The minimum atomic E-state index is 0.345. The van der Waals surface area contributed by atoms with E-state index in [1.165, 1.54) is 0 Å². The summed E-state index contributed by atoms with van der Waals surface area (Å²) in [5.41, 5.74) is 6.91. The van der Waals surface area contributed by atoms with E-state index in [9.17, 15) is 0 Å². The summed E-state index contributed by atoms with van der Waals surface area (Å²) in [6.45, 7) is 2.49. The summed E-state index contributed by atoms with van der Waals surface area (Å²) in [4.78, 5) is 11.2. The summed E-state index contributed by atoms with van der Waals surface area (Å²) in [6, 6.07) is 7.83. The van der Waals surface area contributed by atoms with Gasteiger partial charge in [-0.05, 0) is 32.0 Å². The Morgan fingerprint density at radius 1 is 1.35 bits per heavy atom. The van der Waals surface area contributed by atoms with Gasteiger partial charge in [0.25, 0.3) is 0 Å². The number of nitrogen functional groups attached to an aromatic ring is 1. The average Bonchev–Trinajstić information content (AvgIpc) is 2.91. The molecule has 1 fully saturated rings. The highest BCUT2D eigenvalue weighted by molar-refractivity contribution is 5.87. The molecule has 2 N–H and O–H groups in total. The normalized spacial score (nSPS) is 19.0. The number of anilines is 1. The number of hydrogen-bond acceptors (Lipinski definition) is 5. The van der Waals surface area contributed by atoms with Crippen LogP contribution >= 0.6 is 0 Å². The first-order chi connectivity index (χ1) is 9.72. The predicted molar refractivity (Wildman–Crippen MR) is 79.3 cm³/mol. The number of likely N-dealkylation sites (N-methyl/N-ethyl adjacent to an activating group) is 1. The Morgan fingerprint density at radius 2 is 2.20 bits per heavy atom. The van der Waals surface area contributed by atoms with E-state index in [0.29, 0.717) is 18.5 Å². The molecule has 0 bridgehead atoms. The van der Waals surface area contributed by atoms with Gasteiger partial charge in [-0.3, -0.25) is 4.90 Å². The van der Waals surface area contributed by atoms with Crippen LogP contribution in [0, 0.1) is 0 Å². The second-order valence-electron chi connectivity index (χ2n) is 5.37. The standard InChI is InChI=1S/C15H20N4O/c1-19(9-11-5-4-8-20-11)10-14-17-13-7-3-2-6-12(13)15(16)18-14/h2-3,6-7,11H,4-5,8-10H2,1H3,(H2,16,17,18)/t11-/m0/s1. The molecule has 20 heavy (non-hydrogen) atoms. The van der Waals surface area contributed by atoms with Crippen LogP contribution < -0.4 is 5.73 Å². The number of hydrogen-bond donors (Lipinski definition) is 1. The van der Waals surface area contributed by atoms with Crippen molar-refractivity contribution in [1.29, 1.82) is 0 Å². The minimum absolute atomic E-state index is 0.345. The molecule has 106 valence electrons. The molecule has 2 heterocycles. The molecule has 1 aliphatic heterocycles. The summed E-state index contributed by atoms with van der Waals surface area (Å²) >= 11 is 0. The van der Waals surface area contributed by atoms with Crippen LogP contribution in [0.3, 0.4) is 0 Å². The Bertz CT molecular complexity index is 595. The van der Waals surface area contributed by atoms with E-state index < -0.39 is 0 Å². The van der Waals surface area contributed by atoms with Gasteiger partial charge in [-0.2, -0.15) is 0 Å². The van der Waals surface area contributed by atoms with E-state index in [2.05, 4.69) is 21.9 Å². The molecule has 1 aromatic carbocycles. The number of nitrogens with zero attached hydrogens (tertiary/aromatic N) is 3. The summed E-state index contributed by atoms with van der Waals surface area (Å²) < 4.78 is 5.65. The second-order valence-corrected chi connectivity index (χ2v) is 5.37. The Labute approximate surface area is 118 Å². The maximum atomic E-state index is 6.00. The monoisotopic (exact) mass is 272 g/mol. The molecular formula is C15H20N4O. The molecule has 0 amide bonds. The molecule has 1 atom stereocenters. The topological polar surface area (TPSA) is 64.3 Å². The lowest BCUT2D eigenvalue weighted by Gasteiger charge is -2.19. The lowest BCUT2D eigenvalue weighted by molar-refractivity contribution is 0.0787. The van der Waals surface area contributed by atoms with Gasteiger partial charge in [0.1, 0.15) is 11.6 Å². The van der Waals surface area contributed by atoms with E-state index in [4.69, 9.17) is 10.5 Å². The number of rotatable bonds is 4. The molecule has 1 aliphatic rings. The molecule has 2 aromatic rings. The molecule has 5 nitrogen and oxygen atoms in total. The zero-order valence-electron chi connectivity index (χ0n) is 11.7. The SMILES string of the molecule is CN(Cc1nc(N)c2ccccc2n1)C[C@@H]1CCCO1. The highest BCUT2D eigenvalue weighted by atomic mass is 16.5. The van der Waals surface area contributed by atoms with Gasteiger partial charge in [0.15, 0.2) is 0 Å². The second kappa shape index (κ2) is 5.73. The van der Waals surface area contributed by atoms with Gasteiger partial charge >= 0.3 is 0 Å². The van der Waals surface area contributed by atoms with Gasteiger partial charge in [0.05, 0.1) is 18.2 Å². The molecule has 1 saturated heterocycles. The summed E-state index contributed by atoms with van der Waals surface area (Å²) in [7, 11) is 2.07. The van der Waals surface area contributed by atoms with Crippen LogP contribution in [-0.4, -0.2) is 41.2 Å². The van der Waals surface area contributed by atoms with Crippen LogP contribution in [0.4, 0.5) is 5.82 Å². The number of fused-ring (bicyclic) bond motifs is 1. The fraction of sp³-hybridized carbons (Fsp3) is 0.467. The van der Waals surface area contributed by atoms with Crippen LogP contribution in [-0.2, 0) is 11.3 Å². The quantitative estimate of drug-likeness (QED) is 0.919. The zero-order chi connectivity index (χ0) is 13.9. The van der Waals surface area contributed by atoms with Crippen LogP contribution in [0.1, 0.15) is 18.7 Å².